The molecule has 0 atom stereocenters. The van der Waals surface area contributed by atoms with E-state index in [1.54, 1.807) is 11.3 Å². The van der Waals surface area contributed by atoms with Crippen molar-refractivity contribution in [2.45, 2.75) is 0 Å². The molecule has 5 aromatic rings. The lowest BCUT2D eigenvalue weighted by atomic mass is 10.0. The van der Waals surface area contributed by atoms with Crippen LogP contribution >= 0.6 is 27.3 Å². The lowest BCUT2D eigenvalue weighted by Gasteiger charge is -2.11. The number of hydrogen-bond acceptors (Lipinski definition) is 3. The molecule has 0 saturated carbocycles. The largest absolute Gasteiger partial charge is 0.267 e. The Kier molecular flexibility index (Phi) is 4.84. The minimum Gasteiger partial charge on any atom is -0.267 e. The number of halogens is 1. The number of nitrogens with zero attached hydrogens (tertiary/aromatic N) is 3. The second-order valence-corrected chi connectivity index (χ2v) is 8.31. The van der Waals surface area contributed by atoms with E-state index in [-0.39, 0.29) is 0 Å². The van der Waals surface area contributed by atoms with Gasteiger partial charge in [0.15, 0.2) is 5.13 Å². The van der Waals surface area contributed by atoms with Gasteiger partial charge in [-0.25, -0.2) is 9.97 Å². The third-order valence-electron chi connectivity index (χ3n) is 4.68. The second-order valence-electron chi connectivity index (χ2n) is 6.52. The van der Waals surface area contributed by atoms with Crippen LogP contribution in [-0.4, -0.2) is 14.5 Å². The summed E-state index contributed by atoms with van der Waals surface area (Å²) < 4.78 is 3.21. The fourth-order valence-electron chi connectivity index (χ4n) is 3.38. The number of thiazole rings is 1. The summed E-state index contributed by atoms with van der Waals surface area (Å²) in [6, 6.07) is 29.0. The van der Waals surface area contributed by atoms with Gasteiger partial charge in [0.05, 0.1) is 11.4 Å². The zero-order valence-electron chi connectivity index (χ0n) is 15.4. The van der Waals surface area contributed by atoms with Crippen LogP contribution in [0.1, 0.15) is 0 Å². The Balaban J connectivity index is 1.87. The molecule has 0 bridgehead atoms. The van der Waals surface area contributed by atoms with Gasteiger partial charge in [-0.15, -0.1) is 11.3 Å². The van der Waals surface area contributed by atoms with Crippen molar-refractivity contribution in [2.24, 2.45) is 0 Å². The molecule has 0 unspecified atom stereocenters. The van der Waals surface area contributed by atoms with Crippen molar-refractivity contribution in [2.75, 3.05) is 0 Å². The summed E-state index contributed by atoms with van der Waals surface area (Å²) in [6.07, 6.45) is 1.84. The maximum Gasteiger partial charge on any atom is 0.195 e. The number of rotatable bonds is 4. The molecule has 0 N–H and O–H groups in total. The van der Waals surface area contributed by atoms with E-state index >= 15 is 0 Å². The summed E-state index contributed by atoms with van der Waals surface area (Å²) in [5, 5.41) is 2.90. The molecule has 2 heterocycles. The molecule has 2 aromatic heterocycles. The maximum absolute atomic E-state index is 5.13. The van der Waals surface area contributed by atoms with Gasteiger partial charge in [0.2, 0.25) is 0 Å². The van der Waals surface area contributed by atoms with Gasteiger partial charge in [0, 0.05) is 32.7 Å². The minimum absolute atomic E-state index is 0.880. The minimum atomic E-state index is 0.880. The average Bonchev–Trinajstić information content (AvgIpc) is 3.43. The first-order chi connectivity index (χ1) is 14.3. The average molecular weight is 458 g/mol. The Morgan fingerprint density at radius 2 is 1.38 bits per heavy atom. The molecule has 5 rings (SSSR count). The van der Waals surface area contributed by atoms with Crippen molar-refractivity contribution < 1.29 is 0 Å². The summed E-state index contributed by atoms with van der Waals surface area (Å²) >= 11 is 5.14. The fraction of sp³-hybridized carbons (Fsp3) is 0. The number of benzene rings is 3. The van der Waals surface area contributed by atoms with Crippen LogP contribution in [-0.2, 0) is 0 Å². The molecule has 0 amide bonds. The first kappa shape index (κ1) is 18.0. The topological polar surface area (TPSA) is 30.7 Å². The summed E-state index contributed by atoms with van der Waals surface area (Å²) in [5.41, 5.74) is 5.23. The molecule has 0 aliphatic heterocycles. The van der Waals surface area contributed by atoms with Crippen molar-refractivity contribution in [3.05, 3.63) is 101 Å². The lowest BCUT2D eigenvalue weighted by Crippen LogP contribution is -1.99. The van der Waals surface area contributed by atoms with Crippen LogP contribution in [0, 0.1) is 0 Å². The van der Waals surface area contributed by atoms with Gasteiger partial charge < -0.3 is 0 Å². The molecule has 0 fully saturated rings. The highest BCUT2D eigenvalue weighted by molar-refractivity contribution is 9.10. The van der Waals surface area contributed by atoms with Crippen LogP contribution in [0.2, 0.25) is 0 Å². The highest BCUT2D eigenvalue weighted by Crippen LogP contribution is 2.39. The summed E-state index contributed by atoms with van der Waals surface area (Å²) in [7, 11) is 0. The van der Waals surface area contributed by atoms with E-state index < -0.39 is 0 Å². The van der Waals surface area contributed by atoms with Gasteiger partial charge in [0.25, 0.3) is 0 Å². The molecular weight excluding hydrogens is 442 g/mol. The molecule has 29 heavy (non-hydrogen) atoms. The van der Waals surface area contributed by atoms with Gasteiger partial charge in [0.1, 0.15) is 5.82 Å². The summed E-state index contributed by atoms with van der Waals surface area (Å²) in [4.78, 5) is 9.74. The SMILES string of the molecule is Brc1ccc(-c2nc(-c3ccccc3)c(-c3ccccc3)n2-c2nccs2)cc1. The molecule has 0 saturated heterocycles. The monoisotopic (exact) mass is 457 g/mol. The Bertz CT molecular complexity index is 1230. The van der Waals surface area contributed by atoms with Crippen molar-refractivity contribution >= 4 is 27.3 Å². The number of imidazole rings is 1. The van der Waals surface area contributed by atoms with Crippen LogP contribution in [0.15, 0.2) is 101 Å². The molecule has 0 aliphatic carbocycles. The summed E-state index contributed by atoms with van der Waals surface area (Å²) in [5.74, 6) is 0.880. The van der Waals surface area contributed by atoms with Crippen LogP contribution in [0.4, 0.5) is 0 Å². The highest BCUT2D eigenvalue weighted by Gasteiger charge is 2.23. The van der Waals surface area contributed by atoms with E-state index in [1.807, 2.05) is 48.0 Å². The smallest absolute Gasteiger partial charge is 0.195 e. The third-order valence-corrected chi connectivity index (χ3v) is 5.97. The molecular formula is C24H16BrN3S. The maximum atomic E-state index is 5.13. The van der Waals surface area contributed by atoms with E-state index in [0.717, 1.165) is 43.5 Å². The van der Waals surface area contributed by atoms with E-state index in [1.165, 1.54) is 0 Å². The fourth-order valence-corrected chi connectivity index (χ4v) is 4.30. The van der Waals surface area contributed by atoms with Crippen molar-refractivity contribution in [3.8, 4) is 39.0 Å². The van der Waals surface area contributed by atoms with E-state index in [2.05, 4.69) is 74.0 Å². The number of hydrogen-bond donors (Lipinski definition) is 0. The van der Waals surface area contributed by atoms with Gasteiger partial charge in [-0.1, -0.05) is 88.7 Å². The number of aromatic nitrogens is 3. The zero-order chi connectivity index (χ0) is 19.6. The Labute approximate surface area is 181 Å². The first-order valence-electron chi connectivity index (χ1n) is 9.20. The van der Waals surface area contributed by atoms with Gasteiger partial charge in [-0.05, 0) is 12.1 Å². The third kappa shape index (κ3) is 3.43. The molecule has 140 valence electrons. The van der Waals surface area contributed by atoms with Crippen LogP contribution in [0.5, 0.6) is 0 Å². The van der Waals surface area contributed by atoms with Crippen LogP contribution in [0.3, 0.4) is 0 Å². The standard InChI is InChI=1S/C24H16BrN3S/c25-20-13-11-19(12-14-20)23-27-21(17-7-3-1-4-8-17)22(18-9-5-2-6-10-18)28(23)24-26-15-16-29-24/h1-16H. The van der Waals surface area contributed by atoms with Crippen LogP contribution < -0.4 is 0 Å². The van der Waals surface area contributed by atoms with Gasteiger partial charge in [-0.3, -0.25) is 4.57 Å². The predicted molar refractivity (Wildman–Crippen MR) is 123 cm³/mol. The van der Waals surface area contributed by atoms with E-state index in [4.69, 9.17) is 4.98 Å². The van der Waals surface area contributed by atoms with Crippen molar-refractivity contribution in [1.82, 2.24) is 14.5 Å². The van der Waals surface area contributed by atoms with Crippen LogP contribution in [0.25, 0.3) is 39.0 Å². The predicted octanol–water partition coefficient (Wildman–Crippen LogP) is 7.09. The molecule has 3 aromatic carbocycles. The molecule has 0 spiro atoms. The Morgan fingerprint density at radius 1 is 0.724 bits per heavy atom. The van der Waals surface area contributed by atoms with Crippen molar-refractivity contribution in [3.63, 3.8) is 0 Å². The van der Waals surface area contributed by atoms with E-state index in [0.29, 0.717) is 0 Å². The quantitative estimate of drug-likeness (QED) is 0.288. The van der Waals surface area contributed by atoms with Gasteiger partial charge >= 0.3 is 0 Å². The van der Waals surface area contributed by atoms with Gasteiger partial charge in [-0.2, -0.15) is 0 Å². The zero-order valence-corrected chi connectivity index (χ0v) is 17.8. The second kappa shape index (κ2) is 7.78. The van der Waals surface area contributed by atoms with Crippen molar-refractivity contribution in [1.29, 1.82) is 0 Å². The molecule has 0 radical (unpaired) electrons. The molecule has 0 aliphatic rings. The lowest BCUT2D eigenvalue weighted by molar-refractivity contribution is 1.05. The normalized spacial score (nSPS) is 10.9. The van der Waals surface area contributed by atoms with E-state index in [9.17, 15) is 0 Å². The Morgan fingerprint density at radius 3 is 2.00 bits per heavy atom. The molecule has 3 nitrogen and oxygen atoms in total. The molecule has 5 heteroatoms. The summed E-state index contributed by atoms with van der Waals surface area (Å²) in [6.45, 7) is 0. The Hall–Kier alpha value is -3.02. The first-order valence-corrected chi connectivity index (χ1v) is 10.9. The highest BCUT2D eigenvalue weighted by atomic mass is 79.9.